The Morgan fingerprint density at radius 2 is 0.515 bits per heavy atom. The van der Waals surface area contributed by atoms with E-state index in [0.717, 1.165) is 51.4 Å². The summed E-state index contributed by atoms with van der Waals surface area (Å²) < 4.78 is 5.51. The van der Waals surface area contributed by atoms with Crippen molar-refractivity contribution in [1.82, 2.24) is 5.32 Å². The Kier molecular flexibility index (Phi) is 84.3. The number of aliphatic hydroxyl groups is 2. The highest BCUT2D eigenvalue weighted by Crippen LogP contribution is 2.20. The normalized spacial score (nSPS) is 12.7. The van der Waals surface area contributed by atoms with Crippen LogP contribution in [-0.4, -0.2) is 47.4 Å². The molecule has 1 amide bonds. The maximum absolute atomic E-state index is 12.6. The van der Waals surface area contributed by atoms with Gasteiger partial charge in [-0.05, 0) is 89.9 Å². The Hall–Kier alpha value is -2.18. The number of carbonyl (C=O) groups is 2. The minimum Gasteiger partial charge on any atom is -0.466 e. The summed E-state index contributed by atoms with van der Waals surface area (Å²) in [6.45, 7) is 4.95. The van der Waals surface area contributed by atoms with Crippen molar-refractivity contribution in [3.8, 4) is 0 Å². The number of unbranched alkanes of at least 4 members (excludes halogenated alkanes) is 67. The van der Waals surface area contributed by atoms with Gasteiger partial charge in [0.15, 0.2) is 0 Å². The fourth-order valence-corrected chi connectivity index (χ4v) is 14.1. The van der Waals surface area contributed by atoms with Crippen LogP contribution in [0.3, 0.4) is 0 Å². The van der Waals surface area contributed by atoms with E-state index in [4.69, 9.17) is 4.74 Å². The third-order valence-corrected chi connectivity index (χ3v) is 20.8. The average molecular weight is 1360 g/mol. The molecular weight excluding hydrogens is 1190 g/mol. The third kappa shape index (κ3) is 82.7. The van der Waals surface area contributed by atoms with E-state index >= 15 is 0 Å². The number of allylic oxidation sites excluding steroid dienone is 7. The number of hydrogen-bond acceptors (Lipinski definition) is 5. The second-order valence-corrected chi connectivity index (χ2v) is 30.6. The molecule has 0 aromatic heterocycles. The number of carbonyl (C=O) groups excluding carboxylic acids is 2. The van der Waals surface area contributed by atoms with Gasteiger partial charge in [0.1, 0.15) is 0 Å². The zero-order valence-electron chi connectivity index (χ0n) is 65.8. The summed E-state index contributed by atoms with van der Waals surface area (Å²) in [6, 6.07) is -0.628. The second-order valence-electron chi connectivity index (χ2n) is 30.6. The molecule has 0 saturated carbocycles. The van der Waals surface area contributed by atoms with Gasteiger partial charge in [0.25, 0.3) is 0 Å². The Morgan fingerprint density at radius 3 is 0.794 bits per heavy atom. The monoisotopic (exact) mass is 1360 g/mol. The highest BCUT2D eigenvalue weighted by Gasteiger charge is 2.18. The van der Waals surface area contributed by atoms with Crippen molar-refractivity contribution in [2.45, 2.75) is 508 Å². The molecule has 572 valence electrons. The minimum atomic E-state index is -0.845. The number of rotatable bonds is 84. The van der Waals surface area contributed by atoms with E-state index in [9.17, 15) is 19.8 Å². The van der Waals surface area contributed by atoms with Crippen molar-refractivity contribution in [1.29, 1.82) is 0 Å². The highest BCUT2D eigenvalue weighted by molar-refractivity contribution is 5.76. The van der Waals surface area contributed by atoms with Crippen LogP contribution < -0.4 is 5.32 Å². The van der Waals surface area contributed by atoms with E-state index in [-0.39, 0.29) is 18.5 Å². The van der Waals surface area contributed by atoms with Crippen LogP contribution in [0.1, 0.15) is 495 Å². The SMILES string of the molecule is CCCCCCCCC/C=C\CCCCCCCC(=O)OCCCCCCCCCCCCCCCCC/C=C\C/C=C\CCCCCCCCCCCCCCCCCCCC(=O)NC(CO)C(O)/C=C/CCCCCCCCCCCCCCCCCCCCCCCCC. The van der Waals surface area contributed by atoms with Crippen molar-refractivity contribution in [3.63, 3.8) is 0 Å². The van der Waals surface area contributed by atoms with Gasteiger partial charge in [-0.15, -0.1) is 0 Å². The van der Waals surface area contributed by atoms with Crippen LogP contribution in [0.5, 0.6) is 0 Å². The summed E-state index contributed by atoms with van der Waals surface area (Å²) in [7, 11) is 0. The largest absolute Gasteiger partial charge is 0.466 e. The molecule has 0 aromatic carbocycles. The van der Waals surface area contributed by atoms with Gasteiger partial charge in [0.05, 0.1) is 25.4 Å². The lowest BCUT2D eigenvalue weighted by Gasteiger charge is -2.20. The van der Waals surface area contributed by atoms with Gasteiger partial charge in [-0.25, -0.2) is 0 Å². The summed E-state index contributed by atoms with van der Waals surface area (Å²) in [5, 5.41) is 23.3. The van der Waals surface area contributed by atoms with Crippen molar-refractivity contribution >= 4 is 11.9 Å². The Labute approximate surface area is 607 Å². The van der Waals surface area contributed by atoms with Crippen molar-refractivity contribution in [2.75, 3.05) is 13.2 Å². The molecule has 0 aliphatic carbocycles. The maximum atomic E-state index is 12.6. The molecule has 0 bridgehead atoms. The summed E-state index contributed by atoms with van der Waals surface area (Å²) >= 11 is 0. The zero-order valence-corrected chi connectivity index (χ0v) is 65.8. The van der Waals surface area contributed by atoms with Crippen LogP contribution in [0.4, 0.5) is 0 Å². The van der Waals surface area contributed by atoms with Gasteiger partial charge in [-0.1, -0.05) is 441 Å². The van der Waals surface area contributed by atoms with Gasteiger partial charge >= 0.3 is 5.97 Å². The van der Waals surface area contributed by atoms with Gasteiger partial charge in [-0.2, -0.15) is 0 Å². The van der Waals surface area contributed by atoms with Gasteiger partial charge in [0, 0.05) is 12.8 Å². The Balaban J connectivity index is 3.38. The van der Waals surface area contributed by atoms with Crippen molar-refractivity contribution in [2.24, 2.45) is 0 Å². The second kappa shape index (κ2) is 86.2. The molecule has 6 nitrogen and oxygen atoms in total. The quantitative estimate of drug-likeness (QED) is 0.0320. The molecule has 97 heavy (non-hydrogen) atoms. The molecule has 3 N–H and O–H groups in total. The topological polar surface area (TPSA) is 95.9 Å². The number of hydrogen-bond donors (Lipinski definition) is 3. The van der Waals surface area contributed by atoms with Crippen LogP contribution >= 0.6 is 0 Å². The van der Waals surface area contributed by atoms with Crippen LogP contribution in [0.15, 0.2) is 48.6 Å². The van der Waals surface area contributed by atoms with Gasteiger partial charge < -0.3 is 20.3 Å². The van der Waals surface area contributed by atoms with Crippen LogP contribution in [0.2, 0.25) is 0 Å². The number of amides is 1. The molecule has 0 saturated heterocycles. The molecule has 0 fully saturated rings. The van der Waals surface area contributed by atoms with Crippen molar-refractivity contribution < 1.29 is 24.5 Å². The maximum Gasteiger partial charge on any atom is 0.305 e. The third-order valence-electron chi connectivity index (χ3n) is 20.8. The summed E-state index contributed by atoms with van der Waals surface area (Å²) in [5.41, 5.74) is 0. The Bertz CT molecular complexity index is 1620. The summed E-state index contributed by atoms with van der Waals surface area (Å²) in [5.74, 6) is -0.0460. The van der Waals surface area contributed by atoms with E-state index < -0.39 is 12.1 Å². The lowest BCUT2D eigenvalue weighted by Crippen LogP contribution is -2.45. The predicted octanol–water partition coefficient (Wildman–Crippen LogP) is 29.9. The lowest BCUT2D eigenvalue weighted by atomic mass is 10.0. The standard InChI is InChI=1S/C91H173NO5/c1-3-5-7-9-11-13-15-17-19-21-22-23-24-40-43-46-49-52-55-59-63-67-71-75-79-83-89(94)88(87-93)92-90(95)84-80-76-72-68-64-60-56-53-50-47-44-41-38-36-34-32-30-28-26-25-27-29-31-33-35-37-39-42-45-48-51-54-58-62-66-70-74-78-82-86-97-91(96)85-81-77-73-69-65-61-57-20-18-16-14-12-10-8-6-4-2/h20,25-26,29,31,57,79,83,88-89,93-94H,3-19,21-24,27-28,30,32-56,58-78,80-82,84-87H2,1-2H3,(H,92,95)/b26-25-,31-29-,57-20-,83-79+. The first-order valence-electron chi connectivity index (χ1n) is 44.4. The molecule has 2 atom stereocenters. The van der Waals surface area contributed by atoms with Gasteiger partial charge in [0.2, 0.25) is 5.91 Å². The van der Waals surface area contributed by atoms with E-state index in [1.807, 2.05) is 6.08 Å². The Morgan fingerprint density at radius 1 is 0.289 bits per heavy atom. The fraction of sp³-hybridized carbons (Fsp3) is 0.890. The first-order chi connectivity index (χ1) is 48.0. The van der Waals surface area contributed by atoms with Crippen molar-refractivity contribution in [3.05, 3.63) is 48.6 Å². The molecule has 2 unspecified atom stereocenters. The van der Waals surface area contributed by atoms with E-state index in [2.05, 4.69) is 55.6 Å². The lowest BCUT2D eigenvalue weighted by molar-refractivity contribution is -0.143. The molecule has 0 aromatic rings. The molecule has 0 heterocycles. The fourth-order valence-electron chi connectivity index (χ4n) is 14.1. The molecule has 0 rings (SSSR count). The predicted molar refractivity (Wildman–Crippen MR) is 430 cm³/mol. The van der Waals surface area contributed by atoms with Crippen LogP contribution in [-0.2, 0) is 14.3 Å². The number of nitrogens with one attached hydrogen (secondary N) is 1. The molecule has 0 aliphatic heterocycles. The zero-order chi connectivity index (χ0) is 69.8. The highest BCUT2D eigenvalue weighted by atomic mass is 16.5. The van der Waals surface area contributed by atoms with E-state index in [0.29, 0.717) is 19.4 Å². The summed E-state index contributed by atoms with van der Waals surface area (Å²) in [4.78, 5) is 24.7. The number of ether oxygens (including phenoxy) is 1. The van der Waals surface area contributed by atoms with Crippen LogP contribution in [0.25, 0.3) is 0 Å². The van der Waals surface area contributed by atoms with E-state index in [1.165, 1.54) is 417 Å². The summed E-state index contributed by atoms with van der Waals surface area (Å²) in [6.07, 6.45) is 116. The number of esters is 1. The smallest absolute Gasteiger partial charge is 0.305 e. The first kappa shape index (κ1) is 94.8. The number of aliphatic hydroxyl groups excluding tert-OH is 2. The molecular formula is C91H173NO5. The van der Waals surface area contributed by atoms with Crippen LogP contribution in [0, 0.1) is 0 Å². The average Bonchev–Trinajstić information content (AvgIpc) is 3.72. The van der Waals surface area contributed by atoms with Gasteiger partial charge in [-0.3, -0.25) is 9.59 Å². The molecule has 0 radical (unpaired) electrons. The first-order valence-corrected chi connectivity index (χ1v) is 44.4. The minimum absolute atomic E-state index is 0.0135. The molecule has 0 spiro atoms. The van der Waals surface area contributed by atoms with E-state index in [1.54, 1.807) is 6.08 Å². The molecule has 6 heteroatoms. The molecule has 0 aliphatic rings.